The zero-order valence-electron chi connectivity index (χ0n) is 12.4. The van der Waals surface area contributed by atoms with Gasteiger partial charge in [-0.3, -0.25) is 13.9 Å². The summed E-state index contributed by atoms with van der Waals surface area (Å²) >= 11 is 0. The van der Waals surface area contributed by atoms with Crippen molar-refractivity contribution in [2.75, 3.05) is 6.61 Å². The topological polar surface area (TPSA) is 217 Å². The average Bonchev–Trinajstić information content (AvgIpc) is 2.36. The fourth-order valence-electron chi connectivity index (χ4n) is 1.36. The van der Waals surface area contributed by atoms with Crippen molar-refractivity contribution < 1.29 is 83.7 Å². The molecule has 0 rings (SSSR count). The summed E-state index contributed by atoms with van der Waals surface area (Å²) in [7, 11) is -10.3. The minimum absolute atomic E-state index is 0. The molecule has 0 aliphatic carbocycles. The van der Waals surface area contributed by atoms with Crippen LogP contribution >= 0.6 is 0 Å². The summed E-state index contributed by atoms with van der Waals surface area (Å²) in [5.74, 6) is -0.850. The molecule has 4 N–H and O–H groups in total. The van der Waals surface area contributed by atoms with E-state index in [1.807, 2.05) is 5.32 Å². The minimum Gasteiger partial charge on any atom is -0.848 e. The standard InChI is InChI=1S/C8H14NO12S2.Na/c1-4(11)9-5(2-10)7(13)8(21-23(17,18)19)6(12)3-20-22(14,15)16;/h2,5-8,12H,3H2,1H3,(H,9,11)(H,14,15,16)(H,17,18,19);/q-1;+1/t5-,6+,7+,8-;/m0./s1. The summed E-state index contributed by atoms with van der Waals surface area (Å²) in [5.41, 5.74) is 0. The number of nitrogens with one attached hydrogen (secondary N) is 1. The summed E-state index contributed by atoms with van der Waals surface area (Å²) < 4.78 is 66.6. The number of rotatable bonds is 10. The second-order valence-electron chi connectivity index (χ2n) is 4.10. The minimum atomic E-state index is -5.29. The van der Waals surface area contributed by atoms with Gasteiger partial charge >= 0.3 is 50.4 Å². The molecule has 0 aromatic heterocycles. The van der Waals surface area contributed by atoms with Crippen LogP contribution in [0, 0.1) is 0 Å². The normalized spacial score (nSPS) is 17.0. The number of aliphatic hydroxyl groups excluding tert-OH is 1. The van der Waals surface area contributed by atoms with Gasteiger partial charge in [-0.25, -0.2) is 8.37 Å². The molecule has 0 aromatic rings. The van der Waals surface area contributed by atoms with Gasteiger partial charge in [0.05, 0.1) is 18.8 Å². The maximum atomic E-state index is 12.0. The van der Waals surface area contributed by atoms with Crippen molar-refractivity contribution in [3.63, 3.8) is 0 Å². The van der Waals surface area contributed by atoms with Gasteiger partial charge in [0.2, 0.25) is 5.91 Å². The number of hydrogen-bond acceptors (Lipinski definition) is 10. The zero-order chi connectivity index (χ0) is 18.4. The van der Waals surface area contributed by atoms with Crippen molar-refractivity contribution in [3.05, 3.63) is 0 Å². The van der Waals surface area contributed by atoms with Crippen LogP contribution in [0.3, 0.4) is 0 Å². The largest absolute Gasteiger partial charge is 1.00 e. The third-order valence-corrected chi connectivity index (χ3v) is 3.09. The molecule has 16 heteroatoms. The Morgan fingerprint density at radius 3 is 2.08 bits per heavy atom. The predicted octanol–water partition coefficient (Wildman–Crippen LogP) is -7.21. The van der Waals surface area contributed by atoms with Gasteiger partial charge in [0.15, 0.2) is 0 Å². The molecular weight excluding hydrogens is 389 g/mol. The number of aliphatic hydroxyl groups is 1. The van der Waals surface area contributed by atoms with Gasteiger partial charge < -0.3 is 20.3 Å². The molecule has 136 valence electrons. The Balaban J connectivity index is 0. The van der Waals surface area contributed by atoms with Gasteiger partial charge in [-0.05, 0) is 0 Å². The van der Waals surface area contributed by atoms with Gasteiger partial charge in [0.1, 0.15) is 12.4 Å². The predicted molar refractivity (Wildman–Crippen MR) is 67.4 cm³/mol. The Kier molecular flexibility index (Phi) is 11.6. The van der Waals surface area contributed by atoms with E-state index in [0.29, 0.717) is 0 Å². The Morgan fingerprint density at radius 1 is 1.25 bits per heavy atom. The molecule has 13 nitrogen and oxygen atoms in total. The van der Waals surface area contributed by atoms with Gasteiger partial charge in [-0.2, -0.15) is 16.8 Å². The maximum absolute atomic E-state index is 12.0. The molecule has 0 fully saturated rings. The molecular formula is C8H14NNaO12S2. The van der Waals surface area contributed by atoms with Gasteiger partial charge in [-0.15, -0.1) is 0 Å². The summed E-state index contributed by atoms with van der Waals surface area (Å²) in [6.45, 7) is -0.400. The molecule has 0 spiro atoms. The molecule has 0 unspecified atom stereocenters. The van der Waals surface area contributed by atoms with Crippen molar-refractivity contribution in [1.82, 2.24) is 5.32 Å². The molecule has 24 heavy (non-hydrogen) atoms. The van der Waals surface area contributed by atoms with Gasteiger partial charge in [-0.1, -0.05) is 6.10 Å². The molecule has 0 bridgehead atoms. The first kappa shape index (κ1) is 26.0. The van der Waals surface area contributed by atoms with E-state index in [-0.39, 0.29) is 35.8 Å². The number of hydrogen-bond donors (Lipinski definition) is 4. The van der Waals surface area contributed by atoms with Crippen LogP contribution in [0.15, 0.2) is 0 Å². The van der Waals surface area contributed by atoms with Crippen LogP contribution in [0.2, 0.25) is 0 Å². The van der Waals surface area contributed by atoms with Crippen LogP contribution in [0.1, 0.15) is 6.92 Å². The third kappa shape index (κ3) is 11.4. The van der Waals surface area contributed by atoms with Crippen molar-refractivity contribution in [3.8, 4) is 0 Å². The van der Waals surface area contributed by atoms with Crippen molar-refractivity contribution in [2.24, 2.45) is 0 Å². The van der Waals surface area contributed by atoms with Crippen LogP contribution in [0.4, 0.5) is 0 Å². The molecule has 0 aliphatic heterocycles. The van der Waals surface area contributed by atoms with Crippen molar-refractivity contribution in [1.29, 1.82) is 0 Å². The fraction of sp³-hybridized carbons (Fsp3) is 0.750. The summed E-state index contributed by atoms with van der Waals surface area (Å²) in [6, 6.07) is -1.88. The van der Waals surface area contributed by atoms with Crippen molar-refractivity contribution in [2.45, 2.75) is 31.3 Å². The molecule has 0 saturated heterocycles. The molecule has 0 heterocycles. The Morgan fingerprint density at radius 2 is 1.75 bits per heavy atom. The smallest absolute Gasteiger partial charge is 0.848 e. The van der Waals surface area contributed by atoms with E-state index < -0.39 is 57.7 Å². The average molecular weight is 403 g/mol. The Bertz CT molecular complexity index is 619. The third-order valence-electron chi connectivity index (χ3n) is 2.19. The van der Waals surface area contributed by atoms with E-state index in [2.05, 4.69) is 8.37 Å². The zero-order valence-corrected chi connectivity index (χ0v) is 16.1. The fourth-order valence-corrected chi connectivity index (χ4v) is 2.19. The van der Waals surface area contributed by atoms with E-state index in [9.17, 15) is 36.6 Å². The summed E-state index contributed by atoms with van der Waals surface area (Å²) in [5, 5.41) is 23.3. The number of carbonyl (C=O) groups excluding carboxylic acids is 2. The van der Waals surface area contributed by atoms with Crippen LogP contribution in [0.5, 0.6) is 0 Å². The first-order valence-corrected chi connectivity index (χ1v) is 8.33. The summed E-state index contributed by atoms with van der Waals surface area (Å²) in [4.78, 5) is 21.6. The molecule has 4 atom stereocenters. The first-order valence-electron chi connectivity index (χ1n) is 5.60. The van der Waals surface area contributed by atoms with Crippen LogP contribution in [0.25, 0.3) is 0 Å². The second-order valence-corrected chi connectivity index (χ2v) is 6.23. The van der Waals surface area contributed by atoms with Gasteiger partial charge in [0.25, 0.3) is 0 Å². The van der Waals surface area contributed by atoms with E-state index in [1.54, 1.807) is 0 Å². The Hall–Kier alpha value is -0.200. The Labute approximate surface area is 159 Å². The van der Waals surface area contributed by atoms with Crippen molar-refractivity contribution >= 4 is 33.0 Å². The van der Waals surface area contributed by atoms with E-state index in [4.69, 9.17) is 9.11 Å². The van der Waals surface area contributed by atoms with Crippen LogP contribution in [-0.4, -0.2) is 74.2 Å². The summed E-state index contributed by atoms with van der Waals surface area (Å²) in [6.07, 6.45) is -7.29. The SMILES string of the molecule is CC(=O)N[C@@H](C=O)[C@@H]([O-])[C@@H](OS(=O)(=O)O)[C@H](O)COS(=O)(=O)O.[Na+]. The number of aldehydes is 1. The molecule has 0 saturated carbocycles. The molecule has 0 aliphatic rings. The number of amides is 1. The van der Waals surface area contributed by atoms with Crippen LogP contribution in [-0.2, 0) is 38.8 Å². The first-order chi connectivity index (χ1) is 10.3. The quantitative estimate of drug-likeness (QED) is 0.152. The van der Waals surface area contributed by atoms with E-state index >= 15 is 0 Å². The van der Waals surface area contributed by atoms with Crippen LogP contribution < -0.4 is 40.0 Å². The molecule has 1 amide bonds. The molecule has 0 radical (unpaired) electrons. The second kappa shape index (κ2) is 10.7. The monoisotopic (exact) mass is 403 g/mol. The van der Waals surface area contributed by atoms with E-state index in [0.717, 1.165) is 6.92 Å². The molecule has 0 aromatic carbocycles. The van der Waals surface area contributed by atoms with Gasteiger partial charge in [0, 0.05) is 6.92 Å². The van der Waals surface area contributed by atoms with E-state index in [1.165, 1.54) is 0 Å². The maximum Gasteiger partial charge on any atom is 1.00 e. The number of carbonyl (C=O) groups is 2.